The minimum atomic E-state index is -0.00608. The summed E-state index contributed by atoms with van der Waals surface area (Å²) in [5, 5.41) is 2.96. The standard InChI is InChI=1S/C30H28N2O3/c1-21-6-5-9-24(18-21)30(34)32-17-16-27-25(20-32)19-28(35-27)23-11-13-26(14-12-23)31-29(33)15-10-22-7-3-2-4-8-22/h2-9,11-14,18-19H,10,15-17,20H2,1H3,(H,31,33). The first-order valence-corrected chi connectivity index (χ1v) is 12.0. The van der Waals surface area contributed by atoms with Crippen molar-refractivity contribution in [2.75, 3.05) is 11.9 Å². The number of nitrogens with zero attached hydrogens (tertiary/aromatic N) is 1. The summed E-state index contributed by atoms with van der Waals surface area (Å²) in [6.07, 6.45) is 1.85. The van der Waals surface area contributed by atoms with Gasteiger partial charge in [0.2, 0.25) is 5.91 Å². The number of fused-ring (bicyclic) bond motifs is 1. The van der Waals surface area contributed by atoms with Gasteiger partial charge in [0.05, 0.1) is 0 Å². The van der Waals surface area contributed by atoms with Crippen LogP contribution in [0.15, 0.2) is 89.3 Å². The number of hydrogen-bond donors (Lipinski definition) is 1. The number of anilines is 1. The zero-order valence-electron chi connectivity index (χ0n) is 19.8. The molecular weight excluding hydrogens is 436 g/mol. The Balaban J connectivity index is 1.21. The van der Waals surface area contributed by atoms with Gasteiger partial charge in [0.25, 0.3) is 5.91 Å². The molecule has 0 bridgehead atoms. The van der Waals surface area contributed by atoms with Gasteiger partial charge < -0.3 is 14.6 Å². The van der Waals surface area contributed by atoms with Crippen molar-refractivity contribution >= 4 is 17.5 Å². The fourth-order valence-corrected chi connectivity index (χ4v) is 4.45. The zero-order chi connectivity index (χ0) is 24.2. The number of carbonyl (C=O) groups is 2. The number of carbonyl (C=O) groups excluding carboxylic acids is 2. The van der Waals surface area contributed by atoms with Crippen LogP contribution in [0.2, 0.25) is 0 Å². The van der Waals surface area contributed by atoms with Gasteiger partial charge in [-0.05, 0) is 61.4 Å². The molecule has 1 aliphatic heterocycles. The number of hydrogen-bond acceptors (Lipinski definition) is 3. The average Bonchev–Trinajstić information content (AvgIpc) is 3.31. The Labute approximate surface area is 205 Å². The van der Waals surface area contributed by atoms with Crippen molar-refractivity contribution in [3.63, 3.8) is 0 Å². The molecule has 2 amide bonds. The van der Waals surface area contributed by atoms with E-state index >= 15 is 0 Å². The largest absolute Gasteiger partial charge is 0.461 e. The lowest BCUT2D eigenvalue weighted by Gasteiger charge is -2.26. The molecule has 0 aliphatic carbocycles. The molecule has 5 nitrogen and oxygen atoms in total. The topological polar surface area (TPSA) is 62.6 Å². The van der Waals surface area contributed by atoms with Crippen LogP contribution in [-0.4, -0.2) is 23.3 Å². The van der Waals surface area contributed by atoms with Gasteiger partial charge >= 0.3 is 0 Å². The Kier molecular flexibility index (Phi) is 6.49. The minimum Gasteiger partial charge on any atom is -0.461 e. The van der Waals surface area contributed by atoms with Gasteiger partial charge in [0, 0.05) is 48.3 Å². The molecule has 35 heavy (non-hydrogen) atoms. The first kappa shape index (κ1) is 22.7. The Morgan fingerprint density at radius 1 is 0.943 bits per heavy atom. The molecule has 1 aliphatic rings. The van der Waals surface area contributed by atoms with Gasteiger partial charge in [-0.25, -0.2) is 0 Å². The van der Waals surface area contributed by atoms with E-state index in [0.717, 1.165) is 45.0 Å². The van der Waals surface area contributed by atoms with Crippen molar-refractivity contribution in [2.45, 2.75) is 32.7 Å². The Morgan fingerprint density at radius 3 is 2.51 bits per heavy atom. The van der Waals surface area contributed by atoms with Crippen molar-refractivity contribution in [1.29, 1.82) is 0 Å². The summed E-state index contributed by atoms with van der Waals surface area (Å²) in [4.78, 5) is 27.1. The lowest BCUT2D eigenvalue weighted by atomic mass is 10.1. The summed E-state index contributed by atoms with van der Waals surface area (Å²) >= 11 is 0. The smallest absolute Gasteiger partial charge is 0.254 e. The van der Waals surface area contributed by atoms with E-state index in [1.807, 2.05) is 96.8 Å². The van der Waals surface area contributed by atoms with E-state index < -0.39 is 0 Å². The van der Waals surface area contributed by atoms with E-state index in [4.69, 9.17) is 4.42 Å². The zero-order valence-corrected chi connectivity index (χ0v) is 19.8. The minimum absolute atomic E-state index is 0.00608. The van der Waals surface area contributed by atoms with Crippen LogP contribution in [0, 0.1) is 6.92 Å². The lowest BCUT2D eigenvalue weighted by molar-refractivity contribution is -0.116. The summed E-state index contributed by atoms with van der Waals surface area (Å²) in [5.74, 6) is 1.76. The highest BCUT2D eigenvalue weighted by Gasteiger charge is 2.25. The van der Waals surface area contributed by atoms with Gasteiger partial charge in [-0.15, -0.1) is 0 Å². The number of benzene rings is 3. The highest BCUT2D eigenvalue weighted by atomic mass is 16.3. The summed E-state index contributed by atoms with van der Waals surface area (Å²) in [6, 6.07) is 27.4. The van der Waals surface area contributed by atoms with Gasteiger partial charge in [-0.3, -0.25) is 9.59 Å². The van der Waals surface area contributed by atoms with E-state index in [9.17, 15) is 9.59 Å². The van der Waals surface area contributed by atoms with E-state index in [1.165, 1.54) is 0 Å². The molecule has 4 aromatic rings. The predicted octanol–water partition coefficient (Wildman–Crippen LogP) is 6.02. The Morgan fingerprint density at radius 2 is 1.74 bits per heavy atom. The van der Waals surface area contributed by atoms with Gasteiger partial charge in [0.1, 0.15) is 11.5 Å². The molecule has 0 radical (unpaired) electrons. The maximum absolute atomic E-state index is 13.0. The first-order valence-electron chi connectivity index (χ1n) is 12.0. The van der Waals surface area contributed by atoms with Crippen LogP contribution in [0.5, 0.6) is 0 Å². The van der Waals surface area contributed by atoms with Crippen LogP contribution in [0.25, 0.3) is 11.3 Å². The highest BCUT2D eigenvalue weighted by Crippen LogP contribution is 2.31. The monoisotopic (exact) mass is 464 g/mol. The molecule has 0 saturated heterocycles. The Bertz CT molecular complexity index is 1340. The predicted molar refractivity (Wildman–Crippen MR) is 137 cm³/mol. The van der Waals surface area contributed by atoms with E-state index in [1.54, 1.807) is 0 Å². The second-order valence-corrected chi connectivity index (χ2v) is 9.02. The number of rotatable bonds is 6. The van der Waals surface area contributed by atoms with Crippen LogP contribution >= 0.6 is 0 Å². The maximum Gasteiger partial charge on any atom is 0.254 e. The third-order valence-corrected chi connectivity index (χ3v) is 6.36. The maximum atomic E-state index is 13.0. The molecule has 1 N–H and O–H groups in total. The summed E-state index contributed by atoms with van der Waals surface area (Å²) in [6.45, 7) is 3.18. The molecule has 0 fully saturated rings. The van der Waals surface area contributed by atoms with Crippen molar-refractivity contribution in [1.82, 2.24) is 4.90 Å². The third kappa shape index (κ3) is 5.35. The molecular formula is C30H28N2O3. The van der Waals surface area contributed by atoms with Crippen LogP contribution in [-0.2, 0) is 24.2 Å². The fourth-order valence-electron chi connectivity index (χ4n) is 4.45. The molecule has 2 heterocycles. The number of amides is 2. The molecule has 0 saturated carbocycles. The average molecular weight is 465 g/mol. The van der Waals surface area contributed by atoms with E-state index in [0.29, 0.717) is 32.4 Å². The lowest BCUT2D eigenvalue weighted by Crippen LogP contribution is -2.35. The van der Waals surface area contributed by atoms with Crippen molar-refractivity contribution in [2.24, 2.45) is 0 Å². The summed E-state index contributed by atoms with van der Waals surface area (Å²) in [5.41, 5.74) is 5.70. The van der Waals surface area contributed by atoms with Crippen LogP contribution in [0.4, 0.5) is 5.69 Å². The van der Waals surface area contributed by atoms with Crippen LogP contribution in [0.1, 0.15) is 39.2 Å². The molecule has 1 aromatic heterocycles. The van der Waals surface area contributed by atoms with Crippen molar-refractivity contribution in [3.05, 3.63) is 113 Å². The molecule has 5 heteroatoms. The van der Waals surface area contributed by atoms with Crippen LogP contribution < -0.4 is 5.32 Å². The van der Waals surface area contributed by atoms with E-state index in [2.05, 4.69) is 5.32 Å². The number of nitrogens with one attached hydrogen (secondary N) is 1. The van der Waals surface area contributed by atoms with Gasteiger partial charge in [-0.1, -0.05) is 48.0 Å². The summed E-state index contributed by atoms with van der Waals surface area (Å²) in [7, 11) is 0. The van der Waals surface area contributed by atoms with Crippen molar-refractivity contribution in [3.8, 4) is 11.3 Å². The Hall–Kier alpha value is -4.12. The molecule has 0 unspecified atom stereocenters. The second kappa shape index (κ2) is 10.0. The number of furan rings is 1. The van der Waals surface area contributed by atoms with Crippen molar-refractivity contribution < 1.29 is 14.0 Å². The van der Waals surface area contributed by atoms with Gasteiger partial charge in [0.15, 0.2) is 0 Å². The second-order valence-electron chi connectivity index (χ2n) is 9.02. The normalized spacial score (nSPS) is 12.8. The molecule has 0 atom stereocenters. The quantitative estimate of drug-likeness (QED) is 0.379. The molecule has 5 rings (SSSR count). The SMILES string of the molecule is Cc1cccc(C(=O)N2CCc3oc(-c4ccc(NC(=O)CCc5ccccc5)cc4)cc3C2)c1. The first-order chi connectivity index (χ1) is 17.0. The number of aryl methyl sites for hydroxylation is 2. The van der Waals surface area contributed by atoms with Gasteiger partial charge in [-0.2, -0.15) is 0 Å². The van der Waals surface area contributed by atoms with Crippen LogP contribution in [0.3, 0.4) is 0 Å². The molecule has 0 spiro atoms. The molecule has 3 aromatic carbocycles. The fraction of sp³-hybridized carbons (Fsp3) is 0.200. The highest BCUT2D eigenvalue weighted by molar-refractivity contribution is 5.94. The third-order valence-electron chi connectivity index (χ3n) is 6.36. The summed E-state index contributed by atoms with van der Waals surface area (Å²) < 4.78 is 6.13. The molecule has 176 valence electrons. The van der Waals surface area contributed by atoms with E-state index in [-0.39, 0.29) is 11.8 Å².